The molecule has 134 valence electrons. The van der Waals surface area contributed by atoms with Crippen molar-refractivity contribution in [3.63, 3.8) is 0 Å². The van der Waals surface area contributed by atoms with Gasteiger partial charge in [0.15, 0.2) is 0 Å². The van der Waals surface area contributed by atoms with Crippen molar-refractivity contribution in [1.29, 1.82) is 0 Å². The van der Waals surface area contributed by atoms with Gasteiger partial charge in [-0.25, -0.2) is 0 Å². The average Bonchev–Trinajstić information content (AvgIpc) is 3.20. The molecule has 25 heavy (non-hydrogen) atoms. The predicted molar refractivity (Wildman–Crippen MR) is 92.6 cm³/mol. The lowest BCUT2D eigenvalue weighted by atomic mass is 10.0. The highest BCUT2D eigenvalue weighted by Crippen LogP contribution is 2.27. The molecule has 6 heteroatoms. The van der Waals surface area contributed by atoms with Crippen molar-refractivity contribution in [2.24, 2.45) is 0 Å². The second kappa shape index (κ2) is 7.27. The summed E-state index contributed by atoms with van der Waals surface area (Å²) in [5, 5.41) is 3.82. The first kappa shape index (κ1) is 17.5. The van der Waals surface area contributed by atoms with Gasteiger partial charge < -0.3 is 18.9 Å². The number of nitrogens with zero attached hydrogens (tertiary/aromatic N) is 2. The largest absolute Gasteiger partial charge is 0.491 e. The lowest BCUT2D eigenvalue weighted by Crippen LogP contribution is -2.42. The van der Waals surface area contributed by atoms with Gasteiger partial charge in [-0.05, 0) is 38.0 Å². The fourth-order valence-electron chi connectivity index (χ4n) is 3.08. The molecule has 0 unspecified atom stereocenters. The number of hydrogen-bond donors (Lipinski definition) is 0. The Bertz CT molecular complexity index is 743. The van der Waals surface area contributed by atoms with E-state index in [9.17, 15) is 4.79 Å². The van der Waals surface area contributed by atoms with Gasteiger partial charge in [-0.1, -0.05) is 17.3 Å². The van der Waals surface area contributed by atoms with Gasteiger partial charge in [-0.2, -0.15) is 0 Å². The van der Waals surface area contributed by atoms with Crippen molar-refractivity contribution in [3.8, 4) is 5.75 Å². The van der Waals surface area contributed by atoms with Crippen molar-refractivity contribution in [1.82, 2.24) is 10.1 Å². The average molecular weight is 344 g/mol. The maximum atomic E-state index is 12.5. The fraction of sp³-hybridized carbons (Fsp3) is 0.474. The summed E-state index contributed by atoms with van der Waals surface area (Å²) in [4.78, 5) is 14.3. The Balaban J connectivity index is 1.59. The minimum absolute atomic E-state index is 0.0191. The van der Waals surface area contributed by atoms with E-state index >= 15 is 0 Å². The van der Waals surface area contributed by atoms with Gasteiger partial charge in [0.2, 0.25) is 5.91 Å². The number of carbonyl (C=O) groups excluding carboxylic acids is 1. The number of likely N-dealkylation sites (tertiary alicyclic amines) is 1. The normalized spacial score (nSPS) is 20.0. The summed E-state index contributed by atoms with van der Waals surface area (Å²) in [6, 6.07) is 9.71. The number of aromatic nitrogens is 1. The number of rotatable bonds is 6. The van der Waals surface area contributed by atoms with Crippen LogP contribution in [0.3, 0.4) is 0 Å². The molecular formula is C19H24N2O4. The smallest absolute Gasteiger partial charge is 0.230 e. The number of aryl methyl sites for hydroxylation is 2. The summed E-state index contributed by atoms with van der Waals surface area (Å²) >= 11 is 0. The minimum atomic E-state index is -0.475. The van der Waals surface area contributed by atoms with E-state index in [0.717, 1.165) is 23.4 Å². The Labute approximate surface area is 147 Å². The standard InChI is InChI=1S/C19H24N2O4/c1-14-5-4-6-16(9-14)24-13-19(23-3)7-8-21(12-19)18(22)11-17-10-15(2)20-25-17/h4-6,9-10H,7-8,11-13H2,1-3H3/t19-/m1/s1. The molecule has 1 saturated heterocycles. The number of benzene rings is 1. The maximum Gasteiger partial charge on any atom is 0.230 e. The summed E-state index contributed by atoms with van der Waals surface area (Å²) in [7, 11) is 1.67. The molecule has 0 saturated carbocycles. The van der Waals surface area contributed by atoms with E-state index in [2.05, 4.69) is 5.16 Å². The number of carbonyl (C=O) groups is 1. The molecule has 1 aliphatic rings. The number of ether oxygens (including phenoxy) is 2. The Morgan fingerprint density at radius 2 is 2.20 bits per heavy atom. The van der Waals surface area contributed by atoms with Crippen LogP contribution in [-0.4, -0.2) is 48.4 Å². The van der Waals surface area contributed by atoms with E-state index < -0.39 is 5.60 Å². The Morgan fingerprint density at radius 3 is 2.88 bits per heavy atom. The molecular weight excluding hydrogens is 320 g/mol. The van der Waals surface area contributed by atoms with Crippen LogP contribution in [0.1, 0.15) is 23.4 Å². The van der Waals surface area contributed by atoms with E-state index in [4.69, 9.17) is 14.0 Å². The summed E-state index contributed by atoms with van der Waals surface area (Å²) in [5.41, 5.74) is 1.45. The van der Waals surface area contributed by atoms with Crippen molar-refractivity contribution >= 4 is 5.91 Å². The first-order chi connectivity index (χ1) is 12.0. The molecule has 1 aliphatic heterocycles. The highest BCUT2D eigenvalue weighted by molar-refractivity contribution is 5.78. The molecule has 1 atom stereocenters. The molecule has 1 aromatic heterocycles. The van der Waals surface area contributed by atoms with E-state index in [-0.39, 0.29) is 12.3 Å². The summed E-state index contributed by atoms with van der Waals surface area (Å²) < 4.78 is 16.8. The first-order valence-corrected chi connectivity index (χ1v) is 8.44. The molecule has 2 aromatic rings. The molecule has 0 spiro atoms. The quantitative estimate of drug-likeness (QED) is 0.806. The highest BCUT2D eigenvalue weighted by atomic mass is 16.5. The molecule has 0 radical (unpaired) electrons. The van der Waals surface area contributed by atoms with Crippen LogP contribution in [0.5, 0.6) is 5.75 Å². The fourth-order valence-corrected chi connectivity index (χ4v) is 3.08. The van der Waals surface area contributed by atoms with E-state index in [1.165, 1.54) is 0 Å². The molecule has 1 aromatic carbocycles. The third kappa shape index (κ3) is 4.20. The maximum absolute atomic E-state index is 12.5. The zero-order valence-electron chi connectivity index (χ0n) is 14.9. The van der Waals surface area contributed by atoms with Gasteiger partial charge in [0, 0.05) is 19.7 Å². The van der Waals surface area contributed by atoms with Gasteiger partial charge in [-0.3, -0.25) is 4.79 Å². The molecule has 0 aliphatic carbocycles. The van der Waals surface area contributed by atoms with Crippen LogP contribution >= 0.6 is 0 Å². The zero-order chi connectivity index (χ0) is 17.9. The Morgan fingerprint density at radius 1 is 1.36 bits per heavy atom. The number of amides is 1. The van der Waals surface area contributed by atoms with Crippen molar-refractivity contribution in [2.45, 2.75) is 32.3 Å². The van der Waals surface area contributed by atoms with Gasteiger partial charge in [0.05, 0.1) is 18.7 Å². The Hall–Kier alpha value is -2.34. The Kier molecular flexibility index (Phi) is 5.08. The summed E-state index contributed by atoms with van der Waals surface area (Å²) in [6.07, 6.45) is 0.968. The van der Waals surface area contributed by atoms with Crippen molar-refractivity contribution < 1.29 is 18.8 Å². The van der Waals surface area contributed by atoms with Gasteiger partial charge >= 0.3 is 0 Å². The summed E-state index contributed by atoms with van der Waals surface area (Å²) in [5.74, 6) is 1.43. The predicted octanol–water partition coefficient (Wildman–Crippen LogP) is 2.53. The van der Waals surface area contributed by atoms with Gasteiger partial charge in [0.25, 0.3) is 0 Å². The van der Waals surface area contributed by atoms with E-state index in [1.54, 1.807) is 18.1 Å². The van der Waals surface area contributed by atoms with Crippen LogP contribution in [0.4, 0.5) is 0 Å². The van der Waals surface area contributed by atoms with Crippen LogP contribution in [0.15, 0.2) is 34.9 Å². The van der Waals surface area contributed by atoms with Crippen LogP contribution < -0.4 is 4.74 Å². The molecule has 0 N–H and O–H groups in total. The van der Waals surface area contributed by atoms with E-state index in [1.807, 2.05) is 38.1 Å². The summed E-state index contributed by atoms with van der Waals surface area (Å²) in [6.45, 7) is 5.45. The lowest BCUT2D eigenvalue weighted by molar-refractivity contribution is -0.131. The van der Waals surface area contributed by atoms with Crippen molar-refractivity contribution in [3.05, 3.63) is 47.3 Å². The lowest BCUT2D eigenvalue weighted by Gasteiger charge is -2.28. The van der Waals surface area contributed by atoms with Crippen LogP contribution in [0, 0.1) is 13.8 Å². The minimum Gasteiger partial charge on any atom is -0.491 e. The molecule has 3 rings (SSSR count). The monoisotopic (exact) mass is 344 g/mol. The first-order valence-electron chi connectivity index (χ1n) is 8.44. The van der Waals surface area contributed by atoms with Gasteiger partial charge in [0.1, 0.15) is 23.7 Å². The number of methoxy groups -OCH3 is 1. The van der Waals surface area contributed by atoms with Crippen molar-refractivity contribution in [2.75, 3.05) is 26.8 Å². The topological polar surface area (TPSA) is 64.8 Å². The van der Waals surface area contributed by atoms with Crippen LogP contribution in [0.2, 0.25) is 0 Å². The molecule has 0 bridgehead atoms. The van der Waals surface area contributed by atoms with E-state index in [0.29, 0.717) is 25.5 Å². The number of hydrogen-bond acceptors (Lipinski definition) is 5. The molecule has 1 fully saturated rings. The van der Waals surface area contributed by atoms with Crippen LogP contribution in [0.25, 0.3) is 0 Å². The SMILES string of the molecule is CO[C@]1(COc2cccc(C)c2)CCN(C(=O)Cc2cc(C)no2)C1. The molecule has 1 amide bonds. The van der Waals surface area contributed by atoms with Gasteiger partial charge in [-0.15, -0.1) is 0 Å². The third-order valence-corrected chi connectivity index (χ3v) is 4.60. The zero-order valence-corrected chi connectivity index (χ0v) is 14.9. The second-order valence-electron chi connectivity index (χ2n) is 6.67. The third-order valence-electron chi connectivity index (χ3n) is 4.60. The molecule has 2 heterocycles. The second-order valence-corrected chi connectivity index (χ2v) is 6.67. The molecule has 6 nitrogen and oxygen atoms in total. The highest BCUT2D eigenvalue weighted by Gasteiger charge is 2.41. The van der Waals surface area contributed by atoms with Crippen LogP contribution in [-0.2, 0) is 16.0 Å².